The summed E-state index contributed by atoms with van der Waals surface area (Å²) < 4.78 is 5.18. The van der Waals surface area contributed by atoms with Crippen LogP contribution in [0, 0.1) is 6.92 Å². The molecule has 0 spiro atoms. The van der Waals surface area contributed by atoms with E-state index < -0.39 is 0 Å². The number of aryl methyl sites for hydroxylation is 1. The fraction of sp³-hybridized carbons (Fsp3) is 0.300. The lowest BCUT2D eigenvalue weighted by Gasteiger charge is -2.05. The maximum absolute atomic E-state index is 5.18. The summed E-state index contributed by atoms with van der Waals surface area (Å²) in [7, 11) is 1.66. The molecule has 0 bridgehead atoms. The van der Waals surface area contributed by atoms with Gasteiger partial charge < -0.3 is 4.74 Å². The zero-order chi connectivity index (χ0) is 9.68. The molecule has 1 aromatic carbocycles. The number of hydrogen-bond donors (Lipinski definition) is 0. The van der Waals surface area contributed by atoms with Gasteiger partial charge in [0.2, 0.25) is 0 Å². The molecule has 0 atom stereocenters. The molecule has 68 valence electrons. The van der Waals surface area contributed by atoms with Gasteiger partial charge in [-0.3, -0.25) is 0 Å². The van der Waals surface area contributed by atoms with E-state index in [4.69, 9.17) is 4.74 Å². The first-order valence-corrected chi connectivity index (χ1v) is 4.36. The Labute approximate surface area is 83.3 Å². The zero-order valence-corrected chi connectivity index (χ0v) is 8.52. The third-order valence-electron chi connectivity index (χ3n) is 1.80. The van der Waals surface area contributed by atoms with Crippen LogP contribution in [-0.2, 0) is 6.54 Å². The molecule has 1 aromatic rings. The molecule has 0 heterocycles. The van der Waals surface area contributed by atoms with Gasteiger partial charge in [0, 0.05) is 0 Å². The molecular weight excluding hydrogens is 182 g/mol. The van der Waals surface area contributed by atoms with Crippen molar-refractivity contribution in [2.75, 3.05) is 7.11 Å². The minimum atomic E-state index is 0.570. The first-order valence-electron chi connectivity index (χ1n) is 3.95. The van der Waals surface area contributed by atoms with Crippen molar-refractivity contribution >= 4 is 17.4 Å². The Morgan fingerprint density at radius 2 is 2.31 bits per heavy atom. The lowest BCUT2D eigenvalue weighted by atomic mass is 10.1. The molecule has 0 aliphatic carbocycles. The first-order chi connectivity index (χ1) is 6.27. The number of rotatable bonds is 3. The highest BCUT2D eigenvalue weighted by atomic mass is 32.1. The SMILES string of the molecule is COc1cc(CN=C=S)ccc1C. The minimum absolute atomic E-state index is 0.570. The van der Waals surface area contributed by atoms with E-state index in [1.165, 1.54) is 0 Å². The molecular formula is C10H11NOS. The molecule has 0 aliphatic heterocycles. The highest BCUT2D eigenvalue weighted by Crippen LogP contribution is 2.19. The Balaban J connectivity index is 2.92. The average Bonchev–Trinajstić information content (AvgIpc) is 2.16. The second-order valence-electron chi connectivity index (χ2n) is 2.71. The second kappa shape index (κ2) is 4.75. The largest absolute Gasteiger partial charge is 0.496 e. The van der Waals surface area contributed by atoms with Crippen molar-refractivity contribution in [1.82, 2.24) is 0 Å². The van der Waals surface area contributed by atoms with Crippen LogP contribution >= 0.6 is 12.2 Å². The normalized spacial score (nSPS) is 9.08. The van der Waals surface area contributed by atoms with Crippen molar-refractivity contribution in [1.29, 1.82) is 0 Å². The number of aliphatic imine (C=N–C) groups is 1. The Hall–Kier alpha value is -1.18. The number of isothiocyanates is 1. The number of benzene rings is 1. The van der Waals surface area contributed by atoms with Crippen LogP contribution in [0.1, 0.15) is 11.1 Å². The van der Waals surface area contributed by atoms with E-state index in [1.54, 1.807) is 7.11 Å². The molecule has 3 heteroatoms. The number of thiocarbonyl (C=S) groups is 1. The molecule has 0 saturated carbocycles. The van der Waals surface area contributed by atoms with Gasteiger partial charge in [0.1, 0.15) is 5.75 Å². The van der Waals surface area contributed by atoms with Crippen LogP contribution in [-0.4, -0.2) is 12.3 Å². The van der Waals surface area contributed by atoms with Gasteiger partial charge in [0.15, 0.2) is 0 Å². The quantitative estimate of drug-likeness (QED) is 0.543. The monoisotopic (exact) mass is 193 g/mol. The molecule has 1 rings (SSSR count). The molecule has 0 saturated heterocycles. The van der Waals surface area contributed by atoms with E-state index in [0.29, 0.717) is 6.54 Å². The van der Waals surface area contributed by atoms with Gasteiger partial charge in [-0.25, -0.2) is 4.99 Å². The van der Waals surface area contributed by atoms with Crippen molar-refractivity contribution in [2.45, 2.75) is 13.5 Å². The fourth-order valence-corrected chi connectivity index (χ4v) is 1.15. The first kappa shape index (κ1) is 9.90. The van der Waals surface area contributed by atoms with Crippen LogP contribution in [0.2, 0.25) is 0 Å². The maximum atomic E-state index is 5.18. The average molecular weight is 193 g/mol. The van der Waals surface area contributed by atoms with Gasteiger partial charge in [-0.05, 0) is 36.3 Å². The summed E-state index contributed by atoms with van der Waals surface area (Å²) in [6, 6.07) is 5.98. The van der Waals surface area contributed by atoms with Crippen molar-refractivity contribution in [3.63, 3.8) is 0 Å². The number of methoxy groups -OCH3 is 1. The fourth-order valence-electron chi connectivity index (χ4n) is 1.09. The van der Waals surface area contributed by atoms with Crippen LogP contribution in [0.15, 0.2) is 23.2 Å². The summed E-state index contributed by atoms with van der Waals surface area (Å²) in [4.78, 5) is 3.86. The molecule has 2 nitrogen and oxygen atoms in total. The van der Waals surface area contributed by atoms with Crippen LogP contribution < -0.4 is 4.74 Å². The van der Waals surface area contributed by atoms with E-state index in [9.17, 15) is 0 Å². The van der Waals surface area contributed by atoms with E-state index >= 15 is 0 Å². The Morgan fingerprint density at radius 3 is 2.92 bits per heavy atom. The molecule has 0 radical (unpaired) electrons. The van der Waals surface area contributed by atoms with Crippen molar-refractivity contribution < 1.29 is 4.74 Å². The third kappa shape index (κ3) is 2.65. The summed E-state index contributed by atoms with van der Waals surface area (Å²) in [5.74, 6) is 0.886. The number of hydrogen-bond acceptors (Lipinski definition) is 3. The molecule has 0 unspecified atom stereocenters. The third-order valence-corrected chi connectivity index (χ3v) is 1.93. The van der Waals surface area contributed by atoms with Gasteiger partial charge in [0.25, 0.3) is 0 Å². The van der Waals surface area contributed by atoms with E-state index in [2.05, 4.69) is 22.4 Å². The van der Waals surface area contributed by atoms with Crippen LogP contribution in [0.3, 0.4) is 0 Å². The van der Waals surface area contributed by atoms with E-state index in [1.807, 2.05) is 25.1 Å². The Kier molecular flexibility index (Phi) is 3.62. The van der Waals surface area contributed by atoms with Crippen molar-refractivity contribution in [3.05, 3.63) is 29.3 Å². The van der Waals surface area contributed by atoms with E-state index in [-0.39, 0.29) is 0 Å². The smallest absolute Gasteiger partial charge is 0.122 e. The zero-order valence-electron chi connectivity index (χ0n) is 7.70. The molecule has 0 aromatic heterocycles. The lowest BCUT2D eigenvalue weighted by molar-refractivity contribution is 0.411. The predicted octanol–water partition coefficient (Wildman–Crippen LogP) is 2.61. The highest BCUT2D eigenvalue weighted by Gasteiger charge is 1.98. The topological polar surface area (TPSA) is 21.6 Å². The molecule has 0 N–H and O–H groups in total. The molecule has 13 heavy (non-hydrogen) atoms. The standard InChI is InChI=1S/C10H11NOS/c1-8-3-4-9(6-11-7-13)5-10(8)12-2/h3-5H,6H2,1-2H3. The summed E-state index contributed by atoms with van der Waals surface area (Å²) in [5, 5.41) is 2.34. The minimum Gasteiger partial charge on any atom is -0.496 e. The number of ether oxygens (including phenoxy) is 1. The molecule has 0 fully saturated rings. The van der Waals surface area contributed by atoms with Gasteiger partial charge >= 0.3 is 0 Å². The van der Waals surface area contributed by atoms with Gasteiger partial charge in [-0.15, -0.1) is 0 Å². The van der Waals surface area contributed by atoms with Crippen LogP contribution in [0.5, 0.6) is 5.75 Å². The van der Waals surface area contributed by atoms with Gasteiger partial charge in [-0.1, -0.05) is 12.1 Å². The molecule has 0 amide bonds. The van der Waals surface area contributed by atoms with Gasteiger partial charge in [-0.2, -0.15) is 0 Å². The number of nitrogens with zero attached hydrogens (tertiary/aromatic N) is 1. The second-order valence-corrected chi connectivity index (χ2v) is 2.89. The molecule has 0 aliphatic rings. The maximum Gasteiger partial charge on any atom is 0.122 e. The summed E-state index contributed by atoms with van der Waals surface area (Å²) in [6.45, 7) is 2.57. The van der Waals surface area contributed by atoms with E-state index in [0.717, 1.165) is 16.9 Å². The lowest BCUT2D eigenvalue weighted by Crippen LogP contribution is -1.89. The predicted molar refractivity (Wildman–Crippen MR) is 56.5 cm³/mol. The summed E-state index contributed by atoms with van der Waals surface area (Å²) >= 11 is 4.49. The summed E-state index contributed by atoms with van der Waals surface area (Å²) in [5.41, 5.74) is 2.21. The van der Waals surface area contributed by atoms with Crippen LogP contribution in [0.25, 0.3) is 0 Å². The van der Waals surface area contributed by atoms with Gasteiger partial charge in [0.05, 0.1) is 18.8 Å². The van der Waals surface area contributed by atoms with Crippen molar-refractivity contribution in [2.24, 2.45) is 4.99 Å². The van der Waals surface area contributed by atoms with Crippen LogP contribution in [0.4, 0.5) is 0 Å². The Morgan fingerprint density at radius 1 is 1.54 bits per heavy atom. The Bertz CT molecular complexity index is 343. The van der Waals surface area contributed by atoms with Crippen molar-refractivity contribution in [3.8, 4) is 5.75 Å². The highest BCUT2D eigenvalue weighted by molar-refractivity contribution is 7.78. The summed E-state index contributed by atoms with van der Waals surface area (Å²) in [6.07, 6.45) is 0.